The Morgan fingerprint density at radius 1 is 1.15 bits per heavy atom. The van der Waals surface area contributed by atoms with Crippen molar-refractivity contribution in [3.8, 4) is 5.75 Å². The number of rotatable bonds is 5. The molecule has 4 rings (SSSR count). The molecule has 1 aliphatic heterocycles. The number of benzene rings is 1. The quantitative estimate of drug-likeness (QED) is 0.853. The maximum Gasteiger partial charge on any atom is 0.247 e. The zero-order chi connectivity index (χ0) is 18.1. The predicted octanol–water partition coefficient (Wildman–Crippen LogP) is 3.07. The van der Waals surface area contributed by atoms with Crippen molar-refractivity contribution in [2.45, 2.75) is 70.0 Å². The molecule has 0 aromatic heterocycles. The van der Waals surface area contributed by atoms with Gasteiger partial charge in [0.05, 0.1) is 6.04 Å². The van der Waals surface area contributed by atoms with Gasteiger partial charge in [0.2, 0.25) is 5.91 Å². The number of nitrogens with zero attached hydrogens (tertiary/aromatic N) is 2. The fourth-order valence-electron chi connectivity index (χ4n) is 4.22. The molecule has 0 spiro atoms. The molecule has 0 bridgehead atoms. The van der Waals surface area contributed by atoms with Crippen LogP contribution in [0.15, 0.2) is 29.3 Å². The molecule has 2 fully saturated rings. The molecule has 2 N–H and O–H groups in total. The molecular formula is C21H29N3O2. The minimum absolute atomic E-state index is 0.0578. The number of phenols is 1. The van der Waals surface area contributed by atoms with Gasteiger partial charge in [-0.3, -0.25) is 9.79 Å². The summed E-state index contributed by atoms with van der Waals surface area (Å²) in [5, 5.41) is 12.7. The number of aromatic hydroxyl groups is 1. The number of phenolic OH excluding ortho intramolecular Hbond substituents is 1. The molecule has 2 atom stereocenters. The summed E-state index contributed by atoms with van der Waals surface area (Å²) in [6.07, 6.45) is 8.68. The largest absolute Gasteiger partial charge is 0.508 e. The highest BCUT2D eigenvalue weighted by Crippen LogP contribution is 2.30. The summed E-state index contributed by atoms with van der Waals surface area (Å²) >= 11 is 0. The first kappa shape index (κ1) is 17.4. The van der Waals surface area contributed by atoms with Gasteiger partial charge in [0.25, 0.3) is 0 Å². The van der Waals surface area contributed by atoms with E-state index in [0.29, 0.717) is 12.0 Å². The molecule has 1 aromatic rings. The van der Waals surface area contributed by atoms with Gasteiger partial charge in [-0.15, -0.1) is 0 Å². The molecule has 2 aliphatic carbocycles. The van der Waals surface area contributed by atoms with E-state index < -0.39 is 0 Å². The van der Waals surface area contributed by atoms with Crippen molar-refractivity contribution < 1.29 is 9.90 Å². The molecule has 0 saturated heterocycles. The van der Waals surface area contributed by atoms with Crippen molar-refractivity contribution in [1.29, 1.82) is 0 Å². The van der Waals surface area contributed by atoms with Crippen LogP contribution in [0.2, 0.25) is 0 Å². The second-order valence-corrected chi connectivity index (χ2v) is 8.12. The van der Waals surface area contributed by atoms with Crippen molar-refractivity contribution in [2.24, 2.45) is 10.9 Å². The molecular weight excluding hydrogens is 326 g/mol. The van der Waals surface area contributed by atoms with Gasteiger partial charge in [0, 0.05) is 18.2 Å². The van der Waals surface area contributed by atoms with E-state index in [1.165, 1.54) is 32.1 Å². The highest BCUT2D eigenvalue weighted by molar-refractivity contribution is 6.03. The van der Waals surface area contributed by atoms with Gasteiger partial charge in [-0.05, 0) is 62.8 Å². The van der Waals surface area contributed by atoms with Gasteiger partial charge in [0.15, 0.2) is 6.04 Å². The van der Waals surface area contributed by atoms with Crippen LogP contribution in [0.25, 0.3) is 0 Å². The van der Waals surface area contributed by atoms with Gasteiger partial charge in [0.1, 0.15) is 11.6 Å². The maximum absolute atomic E-state index is 12.7. The first-order valence-corrected chi connectivity index (χ1v) is 10.1. The van der Waals surface area contributed by atoms with E-state index in [2.05, 4.69) is 17.1 Å². The lowest BCUT2D eigenvalue weighted by Crippen LogP contribution is -2.46. The third-order valence-corrected chi connectivity index (χ3v) is 5.98. The Morgan fingerprint density at radius 2 is 1.85 bits per heavy atom. The first-order chi connectivity index (χ1) is 12.6. The Labute approximate surface area is 155 Å². The Kier molecular flexibility index (Phi) is 4.88. The lowest BCUT2D eigenvalue weighted by atomic mass is 9.88. The Hall–Kier alpha value is -2.04. The van der Waals surface area contributed by atoms with E-state index in [-0.39, 0.29) is 23.7 Å². The zero-order valence-corrected chi connectivity index (χ0v) is 15.5. The van der Waals surface area contributed by atoms with E-state index in [4.69, 9.17) is 4.99 Å². The predicted molar refractivity (Wildman–Crippen MR) is 102 cm³/mol. The monoisotopic (exact) mass is 355 g/mol. The fourth-order valence-corrected chi connectivity index (χ4v) is 4.22. The molecule has 1 heterocycles. The molecule has 5 nitrogen and oxygen atoms in total. The van der Waals surface area contributed by atoms with Gasteiger partial charge >= 0.3 is 0 Å². The maximum atomic E-state index is 12.7. The Bertz CT molecular complexity index is 675. The molecule has 2 saturated carbocycles. The van der Waals surface area contributed by atoms with Crippen LogP contribution in [0.5, 0.6) is 5.75 Å². The second-order valence-electron chi connectivity index (χ2n) is 8.12. The molecule has 1 amide bonds. The average Bonchev–Trinajstić information content (AvgIpc) is 3.40. The Morgan fingerprint density at radius 3 is 2.50 bits per heavy atom. The van der Waals surface area contributed by atoms with Crippen molar-refractivity contribution >= 4 is 11.7 Å². The van der Waals surface area contributed by atoms with Crippen LogP contribution in [-0.4, -0.2) is 46.4 Å². The summed E-state index contributed by atoms with van der Waals surface area (Å²) in [5.74, 6) is 1.89. The zero-order valence-electron chi connectivity index (χ0n) is 15.5. The Balaban J connectivity index is 1.57. The number of carbonyl (C=O) groups is 1. The average molecular weight is 355 g/mol. The molecule has 140 valence electrons. The lowest BCUT2D eigenvalue weighted by Gasteiger charge is -2.33. The minimum Gasteiger partial charge on any atom is -0.508 e. The van der Waals surface area contributed by atoms with Crippen LogP contribution in [0, 0.1) is 5.92 Å². The third-order valence-electron chi connectivity index (χ3n) is 5.98. The smallest absolute Gasteiger partial charge is 0.247 e. The fraction of sp³-hybridized carbons (Fsp3) is 0.619. The van der Waals surface area contributed by atoms with Gasteiger partial charge in [-0.1, -0.05) is 19.3 Å². The summed E-state index contributed by atoms with van der Waals surface area (Å²) < 4.78 is 0. The van der Waals surface area contributed by atoms with Crippen LogP contribution < -0.4 is 5.32 Å². The first-order valence-electron chi connectivity index (χ1n) is 10.1. The van der Waals surface area contributed by atoms with Crippen molar-refractivity contribution in [2.75, 3.05) is 6.54 Å². The number of amidine groups is 1. The van der Waals surface area contributed by atoms with Crippen LogP contribution in [0.3, 0.4) is 0 Å². The van der Waals surface area contributed by atoms with E-state index >= 15 is 0 Å². The molecule has 2 unspecified atom stereocenters. The minimum atomic E-state index is -0.344. The summed E-state index contributed by atoms with van der Waals surface area (Å²) in [7, 11) is 0. The number of carbonyl (C=O) groups excluding carboxylic acids is 1. The molecule has 0 radical (unpaired) electrons. The van der Waals surface area contributed by atoms with Crippen molar-refractivity contribution in [3.05, 3.63) is 29.8 Å². The highest BCUT2D eigenvalue weighted by Gasteiger charge is 2.40. The molecule has 26 heavy (non-hydrogen) atoms. The topological polar surface area (TPSA) is 64.9 Å². The molecule has 3 aliphatic rings. The normalized spacial score (nSPS) is 26.7. The summed E-state index contributed by atoms with van der Waals surface area (Å²) in [6.45, 7) is 3.09. The van der Waals surface area contributed by atoms with E-state index in [1.54, 1.807) is 12.1 Å². The van der Waals surface area contributed by atoms with Gasteiger partial charge in [-0.25, -0.2) is 0 Å². The summed E-state index contributed by atoms with van der Waals surface area (Å²) in [4.78, 5) is 19.9. The third kappa shape index (κ3) is 3.71. The standard InChI is InChI=1S/C21H29N3O2/c1-14-19(21(26)22-17-9-10-17)23-20(16-7-11-18(25)12-8-16)24(14)13-15-5-3-2-4-6-15/h7-8,11-12,14-15,17,19,25H,2-6,9-10,13H2,1H3,(H,22,26). The van der Waals surface area contributed by atoms with Crippen LogP contribution in [-0.2, 0) is 4.79 Å². The van der Waals surface area contributed by atoms with E-state index in [9.17, 15) is 9.90 Å². The van der Waals surface area contributed by atoms with Crippen molar-refractivity contribution in [3.63, 3.8) is 0 Å². The lowest BCUT2D eigenvalue weighted by molar-refractivity contribution is -0.123. The molecule has 1 aromatic carbocycles. The van der Waals surface area contributed by atoms with Gasteiger partial charge in [-0.2, -0.15) is 0 Å². The van der Waals surface area contributed by atoms with Crippen LogP contribution >= 0.6 is 0 Å². The number of hydrogen-bond acceptors (Lipinski definition) is 4. The number of aliphatic imine (C=N–C) groups is 1. The number of nitrogens with one attached hydrogen (secondary N) is 1. The highest BCUT2D eigenvalue weighted by atomic mass is 16.3. The number of hydrogen-bond donors (Lipinski definition) is 2. The SMILES string of the molecule is CC1C(C(=O)NC2CC2)N=C(c2ccc(O)cc2)N1CC1CCCCC1. The van der Waals surface area contributed by atoms with Crippen LogP contribution in [0.1, 0.15) is 57.4 Å². The summed E-state index contributed by atoms with van der Waals surface area (Å²) in [5.41, 5.74) is 0.979. The van der Waals surface area contributed by atoms with E-state index in [0.717, 1.165) is 30.8 Å². The van der Waals surface area contributed by atoms with Gasteiger partial charge < -0.3 is 15.3 Å². The second kappa shape index (κ2) is 7.29. The summed E-state index contributed by atoms with van der Waals surface area (Å²) in [6, 6.07) is 7.26. The number of amides is 1. The molecule has 5 heteroatoms. The van der Waals surface area contributed by atoms with E-state index in [1.807, 2.05) is 12.1 Å². The van der Waals surface area contributed by atoms with Crippen LogP contribution in [0.4, 0.5) is 0 Å². The van der Waals surface area contributed by atoms with Crippen molar-refractivity contribution in [1.82, 2.24) is 10.2 Å².